The van der Waals surface area contributed by atoms with E-state index in [1.165, 1.54) is 5.56 Å². The number of nitrogens with two attached hydrogens (primary N) is 1. The summed E-state index contributed by atoms with van der Waals surface area (Å²) in [4.78, 5) is 12.1. The van der Waals surface area contributed by atoms with Crippen molar-refractivity contribution in [3.8, 4) is 0 Å². The first-order chi connectivity index (χ1) is 9.62. The molecule has 0 aromatic heterocycles. The SMILES string of the molecule is CC(C)c1ccc(C(N)CNC(=O)C(C)C(C)(C)C)cc1.Cl. The average Bonchev–Trinajstić information content (AvgIpc) is 2.42. The van der Waals surface area contributed by atoms with E-state index in [1.807, 2.05) is 6.92 Å². The summed E-state index contributed by atoms with van der Waals surface area (Å²) in [7, 11) is 0. The van der Waals surface area contributed by atoms with Gasteiger partial charge in [-0.25, -0.2) is 0 Å². The van der Waals surface area contributed by atoms with Gasteiger partial charge in [0.1, 0.15) is 0 Å². The van der Waals surface area contributed by atoms with Gasteiger partial charge in [0.15, 0.2) is 0 Å². The fourth-order valence-corrected chi connectivity index (χ4v) is 2.00. The van der Waals surface area contributed by atoms with Crippen molar-refractivity contribution in [1.29, 1.82) is 0 Å². The Balaban J connectivity index is 0.00000441. The Morgan fingerprint density at radius 2 is 1.55 bits per heavy atom. The van der Waals surface area contributed by atoms with Crippen LogP contribution in [-0.4, -0.2) is 12.5 Å². The molecule has 2 unspecified atom stereocenters. The van der Waals surface area contributed by atoms with Crippen molar-refractivity contribution in [3.05, 3.63) is 35.4 Å². The zero-order chi connectivity index (χ0) is 16.2. The molecule has 0 heterocycles. The highest BCUT2D eigenvalue weighted by atomic mass is 35.5. The van der Waals surface area contributed by atoms with Crippen LogP contribution in [0.1, 0.15) is 64.6 Å². The Labute approximate surface area is 141 Å². The molecule has 0 bridgehead atoms. The second kappa shape index (κ2) is 8.54. The molecule has 2 atom stereocenters. The highest BCUT2D eigenvalue weighted by Crippen LogP contribution is 2.25. The van der Waals surface area contributed by atoms with Crippen molar-refractivity contribution in [3.63, 3.8) is 0 Å². The molecule has 0 aliphatic rings. The third-order valence-electron chi connectivity index (χ3n) is 4.22. The lowest BCUT2D eigenvalue weighted by Gasteiger charge is -2.26. The summed E-state index contributed by atoms with van der Waals surface area (Å²) in [6.45, 7) is 13.0. The monoisotopic (exact) mass is 326 g/mol. The number of benzene rings is 1. The summed E-state index contributed by atoms with van der Waals surface area (Å²) < 4.78 is 0. The van der Waals surface area contributed by atoms with Crippen LogP contribution in [0.5, 0.6) is 0 Å². The van der Waals surface area contributed by atoms with Gasteiger partial charge in [-0.2, -0.15) is 0 Å². The second-order valence-electron chi connectivity index (χ2n) is 7.26. The molecule has 3 nitrogen and oxygen atoms in total. The Hall–Kier alpha value is -1.06. The number of carbonyl (C=O) groups excluding carboxylic acids is 1. The first kappa shape index (κ1) is 20.9. The van der Waals surface area contributed by atoms with Gasteiger partial charge in [-0.05, 0) is 22.5 Å². The summed E-state index contributed by atoms with van der Waals surface area (Å²) in [6, 6.07) is 8.17. The van der Waals surface area contributed by atoms with Crippen LogP contribution in [0.3, 0.4) is 0 Å². The number of rotatable bonds is 5. The van der Waals surface area contributed by atoms with Gasteiger partial charge in [0.2, 0.25) is 5.91 Å². The number of hydrogen-bond donors (Lipinski definition) is 2. The lowest BCUT2D eigenvalue weighted by Crippen LogP contribution is -2.39. The molecular formula is C18H31ClN2O. The highest BCUT2D eigenvalue weighted by molar-refractivity contribution is 5.85. The molecule has 126 valence electrons. The highest BCUT2D eigenvalue weighted by Gasteiger charge is 2.26. The van der Waals surface area contributed by atoms with E-state index in [4.69, 9.17) is 5.73 Å². The number of halogens is 1. The largest absolute Gasteiger partial charge is 0.354 e. The molecule has 1 aromatic rings. The number of nitrogens with one attached hydrogen (secondary N) is 1. The fourth-order valence-electron chi connectivity index (χ4n) is 2.00. The molecule has 0 aliphatic carbocycles. The van der Waals surface area contributed by atoms with E-state index in [0.29, 0.717) is 12.5 Å². The topological polar surface area (TPSA) is 55.1 Å². The van der Waals surface area contributed by atoms with Crippen LogP contribution in [-0.2, 0) is 4.79 Å². The Morgan fingerprint density at radius 1 is 1.09 bits per heavy atom. The standard InChI is InChI=1S/C18H30N2O.ClH/c1-12(2)14-7-9-15(10-8-14)16(19)11-20-17(21)13(3)18(4,5)6;/h7-10,12-13,16H,11,19H2,1-6H3,(H,20,21);1H. The summed E-state index contributed by atoms with van der Waals surface area (Å²) in [5, 5.41) is 2.96. The predicted molar refractivity (Wildman–Crippen MR) is 96.3 cm³/mol. The van der Waals surface area contributed by atoms with E-state index in [1.54, 1.807) is 0 Å². The van der Waals surface area contributed by atoms with Gasteiger partial charge >= 0.3 is 0 Å². The van der Waals surface area contributed by atoms with Gasteiger partial charge in [-0.15, -0.1) is 12.4 Å². The maximum atomic E-state index is 12.1. The van der Waals surface area contributed by atoms with Gasteiger partial charge in [-0.1, -0.05) is 65.8 Å². The van der Waals surface area contributed by atoms with Gasteiger partial charge in [-0.3, -0.25) is 4.79 Å². The summed E-state index contributed by atoms with van der Waals surface area (Å²) >= 11 is 0. The summed E-state index contributed by atoms with van der Waals surface area (Å²) in [6.07, 6.45) is 0. The molecule has 4 heteroatoms. The number of hydrogen-bond acceptors (Lipinski definition) is 2. The third-order valence-corrected chi connectivity index (χ3v) is 4.22. The minimum atomic E-state index is -0.165. The van der Waals surface area contributed by atoms with E-state index in [0.717, 1.165) is 5.56 Å². The van der Waals surface area contributed by atoms with Crippen LogP contribution in [0.4, 0.5) is 0 Å². The molecule has 22 heavy (non-hydrogen) atoms. The van der Waals surface area contributed by atoms with Crippen LogP contribution in [0.25, 0.3) is 0 Å². The average molecular weight is 327 g/mol. The molecule has 0 radical (unpaired) electrons. The van der Waals surface area contributed by atoms with Crippen molar-refractivity contribution < 1.29 is 4.79 Å². The number of amides is 1. The maximum absolute atomic E-state index is 12.1. The molecular weight excluding hydrogens is 296 g/mol. The minimum absolute atomic E-state index is 0. The van der Waals surface area contributed by atoms with Crippen LogP contribution in [0.15, 0.2) is 24.3 Å². The zero-order valence-electron chi connectivity index (χ0n) is 14.6. The van der Waals surface area contributed by atoms with E-state index >= 15 is 0 Å². The summed E-state index contributed by atoms with van der Waals surface area (Å²) in [5.41, 5.74) is 8.49. The van der Waals surface area contributed by atoms with Crippen molar-refractivity contribution in [2.75, 3.05) is 6.54 Å². The van der Waals surface area contributed by atoms with Crippen LogP contribution in [0.2, 0.25) is 0 Å². The van der Waals surface area contributed by atoms with Gasteiger partial charge in [0.05, 0.1) is 0 Å². The van der Waals surface area contributed by atoms with Crippen molar-refractivity contribution in [1.82, 2.24) is 5.32 Å². The Morgan fingerprint density at radius 3 is 1.95 bits per heavy atom. The van der Waals surface area contributed by atoms with Gasteiger partial charge < -0.3 is 11.1 Å². The molecule has 0 saturated carbocycles. The quantitative estimate of drug-likeness (QED) is 0.858. The fraction of sp³-hybridized carbons (Fsp3) is 0.611. The Bertz CT molecular complexity index is 463. The minimum Gasteiger partial charge on any atom is -0.354 e. The van der Waals surface area contributed by atoms with Gasteiger partial charge in [0.25, 0.3) is 0 Å². The predicted octanol–water partition coefficient (Wildman–Crippen LogP) is 4.03. The molecule has 0 aliphatic heterocycles. The van der Waals surface area contributed by atoms with Crippen LogP contribution in [0, 0.1) is 11.3 Å². The smallest absolute Gasteiger partial charge is 0.223 e. The normalized spacial score (nSPS) is 14.2. The molecule has 1 aromatic carbocycles. The van der Waals surface area contributed by atoms with E-state index in [2.05, 4.69) is 64.2 Å². The first-order valence-corrected chi connectivity index (χ1v) is 7.76. The van der Waals surface area contributed by atoms with Crippen LogP contribution < -0.4 is 11.1 Å². The maximum Gasteiger partial charge on any atom is 0.223 e. The lowest BCUT2D eigenvalue weighted by atomic mass is 9.81. The third kappa shape index (κ3) is 5.98. The summed E-state index contributed by atoms with van der Waals surface area (Å²) in [5.74, 6) is 0.549. The molecule has 0 spiro atoms. The van der Waals surface area contributed by atoms with Crippen molar-refractivity contribution in [2.24, 2.45) is 17.1 Å². The Kier molecular flexibility index (Phi) is 8.13. The number of carbonyl (C=O) groups is 1. The zero-order valence-corrected chi connectivity index (χ0v) is 15.5. The van der Waals surface area contributed by atoms with Crippen molar-refractivity contribution in [2.45, 2.75) is 53.5 Å². The molecule has 3 N–H and O–H groups in total. The first-order valence-electron chi connectivity index (χ1n) is 7.76. The van der Waals surface area contributed by atoms with E-state index in [-0.39, 0.29) is 35.7 Å². The molecule has 1 amide bonds. The van der Waals surface area contributed by atoms with E-state index < -0.39 is 0 Å². The van der Waals surface area contributed by atoms with Crippen molar-refractivity contribution >= 4 is 18.3 Å². The molecule has 0 saturated heterocycles. The molecule has 1 rings (SSSR count). The lowest BCUT2D eigenvalue weighted by molar-refractivity contribution is -0.127. The second-order valence-corrected chi connectivity index (χ2v) is 7.26. The molecule has 0 fully saturated rings. The van der Waals surface area contributed by atoms with Gasteiger partial charge in [0, 0.05) is 18.5 Å². The van der Waals surface area contributed by atoms with Crippen LogP contribution >= 0.6 is 12.4 Å². The van der Waals surface area contributed by atoms with E-state index in [9.17, 15) is 4.79 Å².